The highest BCUT2D eigenvalue weighted by Gasteiger charge is 2.44. The summed E-state index contributed by atoms with van der Waals surface area (Å²) in [5, 5.41) is 4.50. The molecule has 59 heavy (non-hydrogen) atoms. The number of nitrogens with zero attached hydrogens (tertiary/aromatic N) is 5. The van der Waals surface area contributed by atoms with E-state index in [0.29, 0.717) is 23.1 Å². The molecule has 2 aromatic carbocycles. The van der Waals surface area contributed by atoms with Crippen LogP contribution in [0.3, 0.4) is 0 Å². The van der Waals surface area contributed by atoms with Gasteiger partial charge in [0.2, 0.25) is 17.7 Å². The lowest BCUT2D eigenvalue weighted by Crippen LogP contribution is -2.54. The van der Waals surface area contributed by atoms with Crippen LogP contribution in [0.5, 0.6) is 17.4 Å². The largest absolute Gasteiger partial charge is 0.491 e. The van der Waals surface area contributed by atoms with Crippen molar-refractivity contribution in [2.45, 2.75) is 50.9 Å². The molecule has 6 heterocycles. The number of piperidine rings is 1. The normalized spacial score (nSPS) is 18.6. The lowest BCUT2D eigenvalue weighted by molar-refractivity contribution is -0.136. The van der Waals surface area contributed by atoms with Crippen molar-refractivity contribution in [1.29, 1.82) is 0 Å². The standard InChI is InChI=1S/C45H38N6O8/c1-26-40(58-31-21-32(22-31)59-42-14-6-28(24-47-42)27-5-9-33-36-25-46-16-15-37(36)50(2)39(33)20-27)12-7-29(48-26)4-3-17-56-18-19-57-30-8-10-34-35(23-30)45(55)51(44(34)54)38-11-13-41(52)49-43(38)53/h5-10,12,14-16,20,23-25,31-32,38H,11,13,17-19,21-22H2,1-2H3,(H,49,52,53). The molecule has 6 aromatic rings. The van der Waals surface area contributed by atoms with Gasteiger partial charge in [0.1, 0.15) is 48.7 Å². The Hall–Kier alpha value is -7.11. The molecule has 1 unspecified atom stereocenters. The lowest BCUT2D eigenvalue weighted by Gasteiger charge is -2.35. The Bertz CT molecular complexity index is 2730. The van der Waals surface area contributed by atoms with Gasteiger partial charge in [-0.05, 0) is 73.4 Å². The Labute approximate surface area is 338 Å². The van der Waals surface area contributed by atoms with Gasteiger partial charge in [-0.15, -0.1) is 0 Å². The van der Waals surface area contributed by atoms with Crippen molar-refractivity contribution in [3.05, 3.63) is 108 Å². The first-order valence-corrected chi connectivity index (χ1v) is 19.3. The Balaban J connectivity index is 0.697. The predicted molar refractivity (Wildman–Crippen MR) is 215 cm³/mol. The molecule has 9 rings (SSSR count). The summed E-state index contributed by atoms with van der Waals surface area (Å²) in [7, 11) is 2.07. The van der Waals surface area contributed by atoms with E-state index in [-0.39, 0.29) is 56.0 Å². The monoisotopic (exact) mass is 790 g/mol. The second-order valence-corrected chi connectivity index (χ2v) is 14.7. The Kier molecular flexibility index (Phi) is 9.95. The van der Waals surface area contributed by atoms with Crippen molar-refractivity contribution in [2.24, 2.45) is 7.05 Å². The lowest BCUT2D eigenvalue weighted by atomic mass is 9.92. The second kappa shape index (κ2) is 15.7. The summed E-state index contributed by atoms with van der Waals surface area (Å²) in [6.07, 6.45) is 7.24. The van der Waals surface area contributed by atoms with Crippen LogP contribution in [0.15, 0.2) is 85.3 Å². The third-order valence-corrected chi connectivity index (χ3v) is 10.8. The van der Waals surface area contributed by atoms with Crippen molar-refractivity contribution >= 4 is 45.4 Å². The summed E-state index contributed by atoms with van der Waals surface area (Å²) in [5.41, 5.74) is 6.06. The summed E-state index contributed by atoms with van der Waals surface area (Å²) in [6, 6.07) is 19.6. The summed E-state index contributed by atoms with van der Waals surface area (Å²) < 4.78 is 25.9. The fourth-order valence-electron chi connectivity index (χ4n) is 7.66. The number of rotatable bonds is 11. The van der Waals surface area contributed by atoms with E-state index in [1.54, 1.807) is 6.07 Å². The maximum absolute atomic E-state index is 13.0. The van der Waals surface area contributed by atoms with Gasteiger partial charge in [0, 0.05) is 72.8 Å². The molecule has 14 heteroatoms. The summed E-state index contributed by atoms with van der Waals surface area (Å²) in [6.45, 7) is 2.45. The molecule has 1 N–H and O–H groups in total. The topological polar surface area (TPSA) is 164 Å². The number of pyridine rings is 3. The summed E-state index contributed by atoms with van der Waals surface area (Å²) in [5.74, 6) is 5.39. The average Bonchev–Trinajstić information content (AvgIpc) is 3.65. The van der Waals surface area contributed by atoms with Crippen LogP contribution in [0.4, 0.5) is 0 Å². The van der Waals surface area contributed by atoms with Crippen molar-refractivity contribution in [3.8, 4) is 40.3 Å². The number of fused-ring (bicyclic) bond motifs is 4. The van der Waals surface area contributed by atoms with Crippen molar-refractivity contribution in [3.63, 3.8) is 0 Å². The maximum Gasteiger partial charge on any atom is 0.262 e. The van der Waals surface area contributed by atoms with Crippen LogP contribution in [0, 0.1) is 18.8 Å². The molecule has 0 spiro atoms. The third kappa shape index (κ3) is 7.44. The number of carbonyl (C=O) groups excluding carboxylic acids is 4. The number of hydrogen-bond donors (Lipinski definition) is 1. The van der Waals surface area contributed by atoms with E-state index in [9.17, 15) is 19.2 Å². The van der Waals surface area contributed by atoms with Gasteiger partial charge in [0.05, 0.1) is 28.9 Å². The minimum absolute atomic E-state index is 0.0161. The smallest absolute Gasteiger partial charge is 0.262 e. The number of aromatic nitrogens is 4. The molecule has 2 fully saturated rings. The number of benzene rings is 2. The zero-order chi connectivity index (χ0) is 40.6. The first-order chi connectivity index (χ1) is 28.7. The predicted octanol–water partition coefficient (Wildman–Crippen LogP) is 5.33. The third-order valence-electron chi connectivity index (χ3n) is 10.8. The summed E-state index contributed by atoms with van der Waals surface area (Å²) >= 11 is 0. The Morgan fingerprint density at radius 1 is 0.831 bits per heavy atom. The van der Waals surface area contributed by atoms with Gasteiger partial charge in [0.15, 0.2) is 0 Å². The minimum Gasteiger partial charge on any atom is -0.491 e. The van der Waals surface area contributed by atoms with Crippen LogP contribution >= 0.6 is 0 Å². The van der Waals surface area contributed by atoms with Gasteiger partial charge in [0.25, 0.3) is 11.8 Å². The van der Waals surface area contributed by atoms with Crippen LogP contribution in [0.25, 0.3) is 32.9 Å². The van der Waals surface area contributed by atoms with Crippen LogP contribution in [0.2, 0.25) is 0 Å². The van der Waals surface area contributed by atoms with E-state index in [1.165, 1.54) is 17.5 Å². The number of imide groups is 2. The number of carbonyl (C=O) groups is 4. The van der Waals surface area contributed by atoms with Crippen LogP contribution in [-0.2, 0) is 21.4 Å². The molecule has 1 atom stereocenters. The molecule has 3 aliphatic rings. The number of ether oxygens (including phenoxy) is 4. The average molecular weight is 791 g/mol. The highest BCUT2D eigenvalue weighted by molar-refractivity contribution is 6.23. The second-order valence-electron chi connectivity index (χ2n) is 14.7. The molecular formula is C45H38N6O8. The molecule has 0 bridgehead atoms. The zero-order valence-corrected chi connectivity index (χ0v) is 32.3. The number of aryl methyl sites for hydroxylation is 2. The van der Waals surface area contributed by atoms with E-state index in [4.69, 9.17) is 18.9 Å². The molecule has 296 valence electrons. The van der Waals surface area contributed by atoms with Crippen LogP contribution in [0.1, 0.15) is 57.8 Å². The molecule has 14 nitrogen and oxygen atoms in total. The van der Waals surface area contributed by atoms with Crippen molar-refractivity contribution in [1.82, 2.24) is 29.7 Å². The van der Waals surface area contributed by atoms with Gasteiger partial charge in [-0.2, -0.15) is 0 Å². The van der Waals surface area contributed by atoms with Gasteiger partial charge in [-0.25, -0.2) is 9.97 Å². The molecule has 2 aliphatic heterocycles. The molecule has 1 saturated heterocycles. The number of amides is 4. The quantitative estimate of drug-likeness (QED) is 0.103. The van der Waals surface area contributed by atoms with E-state index in [1.807, 2.05) is 55.8 Å². The number of nitrogens with one attached hydrogen (secondary N) is 1. The maximum atomic E-state index is 13.0. The van der Waals surface area contributed by atoms with E-state index >= 15 is 0 Å². The first-order valence-electron chi connectivity index (χ1n) is 19.3. The van der Waals surface area contributed by atoms with Crippen LogP contribution in [-0.4, -0.2) is 86.1 Å². The minimum atomic E-state index is -1.02. The fourth-order valence-corrected chi connectivity index (χ4v) is 7.66. The van der Waals surface area contributed by atoms with Gasteiger partial charge in [-0.1, -0.05) is 18.1 Å². The molecule has 0 radical (unpaired) electrons. The van der Waals surface area contributed by atoms with E-state index in [0.717, 1.165) is 51.0 Å². The van der Waals surface area contributed by atoms with Crippen LogP contribution < -0.4 is 19.5 Å². The molecule has 1 saturated carbocycles. The molecule has 1 aliphatic carbocycles. The molecular weight excluding hydrogens is 753 g/mol. The number of hydrogen-bond acceptors (Lipinski definition) is 11. The van der Waals surface area contributed by atoms with E-state index < -0.39 is 29.7 Å². The fraction of sp³-hybridized carbons (Fsp3) is 0.267. The van der Waals surface area contributed by atoms with Gasteiger partial charge in [-0.3, -0.25) is 34.4 Å². The van der Waals surface area contributed by atoms with Crippen molar-refractivity contribution < 1.29 is 38.1 Å². The SMILES string of the molecule is Cc1nc(C#CCOCCOc2ccc3c(c2)C(=O)N(C2CCC(=O)NC2=O)C3=O)ccc1OC1CC(Oc2ccc(-c3ccc4c5cnccc5n(C)c4c3)cn2)C1. The highest BCUT2D eigenvalue weighted by atomic mass is 16.5. The summed E-state index contributed by atoms with van der Waals surface area (Å²) in [4.78, 5) is 64.1. The molecule has 4 amide bonds. The Morgan fingerprint density at radius 3 is 2.47 bits per heavy atom. The highest BCUT2D eigenvalue weighted by Crippen LogP contribution is 2.34. The zero-order valence-electron chi connectivity index (χ0n) is 32.3. The van der Waals surface area contributed by atoms with Gasteiger partial charge >= 0.3 is 0 Å². The molecule has 4 aromatic heterocycles. The van der Waals surface area contributed by atoms with E-state index in [2.05, 4.69) is 61.9 Å². The van der Waals surface area contributed by atoms with Crippen molar-refractivity contribution in [2.75, 3.05) is 19.8 Å². The van der Waals surface area contributed by atoms with Gasteiger partial charge < -0.3 is 23.5 Å². The first kappa shape index (κ1) is 37.5. The Morgan fingerprint density at radius 2 is 1.66 bits per heavy atom.